The molecular formula is C16H19N7O3. The number of nitrogens with zero attached hydrogens (tertiary/aromatic N) is 5. The third-order valence-electron chi connectivity index (χ3n) is 3.68. The van der Waals surface area contributed by atoms with Gasteiger partial charge in [0.05, 0.1) is 12.2 Å². The summed E-state index contributed by atoms with van der Waals surface area (Å²) in [4.78, 5) is 12.2. The van der Waals surface area contributed by atoms with Crippen molar-refractivity contribution in [3.8, 4) is 11.6 Å². The molecule has 0 atom stereocenters. The molecule has 2 heterocycles. The Labute approximate surface area is 149 Å². The highest BCUT2D eigenvalue weighted by molar-refractivity contribution is 5.90. The zero-order valence-corrected chi connectivity index (χ0v) is 14.5. The van der Waals surface area contributed by atoms with Gasteiger partial charge in [0.25, 0.3) is 5.88 Å². The average Bonchev–Trinajstić information content (AvgIpc) is 3.31. The van der Waals surface area contributed by atoms with Crippen molar-refractivity contribution in [1.82, 2.24) is 30.4 Å². The predicted octanol–water partition coefficient (Wildman–Crippen LogP) is 1.72. The van der Waals surface area contributed by atoms with Crippen LogP contribution < -0.4 is 15.4 Å². The molecule has 0 aliphatic rings. The molecule has 26 heavy (non-hydrogen) atoms. The number of ether oxygens (including phenoxy) is 1. The molecule has 136 valence electrons. The zero-order valence-electron chi connectivity index (χ0n) is 14.5. The Balaban J connectivity index is 1.56. The summed E-state index contributed by atoms with van der Waals surface area (Å²) in [6, 6.07) is 5.48. The number of anilines is 1. The Morgan fingerprint density at radius 2 is 2.08 bits per heavy atom. The number of aromatic nitrogens is 5. The molecule has 10 heteroatoms. The highest BCUT2D eigenvalue weighted by Crippen LogP contribution is 2.20. The molecule has 0 fully saturated rings. The van der Waals surface area contributed by atoms with Gasteiger partial charge in [0.15, 0.2) is 0 Å². The van der Waals surface area contributed by atoms with Gasteiger partial charge in [-0.3, -0.25) is 4.57 Å². The van der Waals surface area contributed by atoms with Gasteiger partial charge in [-0.1, -0.05) is 18.1 Å². The number of rotatable bonds is 7. The molecule has 3 rings (SSSR count). The Bertz CT molecular complexity index is 861. The van der Waals surface area contributed by atoms with E-state index in [1.807, 2.05) is 25.1 Å². The van der Waals surface area contributed by atoms with Crippen molar-refractivity contribution >= 4 is 11.7 Å². The molecule has 2 N–H and O–H groups in total. The summed E-state index contributed by atoms with van der Waals surface area (Å²) in [7, 11) is 0. The van der Waals surface area contributed by atoms with E-state index in [9.17, 15) is 4.79 Å². The first-order valence-corrected chi connectivity index (χ1v) is 8.12. The number of amides is 2. The van der Waals surface area contributed by atoms with E-state index >= 15 is 0 Å². The summed E-state index contributed by atoms with van der Waals surface area (Å²) < 4.78 is 11.7. The number of carbonyl (C=O) groups excluding carboxylic acids is 1. The standard InChI is InChI=1S/C16H19N7O3/c1-3-12-4-5-13(23-9-18-19-10-23)8-14(12)20-16(24)17-6-7-25-15-11(2)21-26-22-15/h4-5,8-10H,3,6-7H2,1-2H3,(H2,17,20,24). The molecule has 3 aromatic rings. The lowest BCUT2D eigenvalue weighted by Crippen LogP contribution is -2.32. The van der Waals surface area contributed by atoms with Crippen LogP contribution in [0.1, 0.15) is 18.2 Å². The molecule has 0 radical (unpaired) electrons. The third kappa shape index (κ3) is 4.15. The zero-order chi connectivity index (χ0) is 18.4. The van der Waals surface area contributed by atoms with E-state index in [1.54, 1.807) is 24.1 Å². The maximum Gasteiger partial charge on any atom is 0.319 e. The van der Waals surface area contributed by atoms with Gasteiger partial charge in [0.1, 0.15) is 25.0 Å². The fraction of sp³-hybridized carbons (Fsp3) is 0.312. The molecule has 0 saturated heterocycles. The summed E-state index contributed by atoms with van der Waals surface area (Å²) in [6.07, 6.45) is 3.99. The highest BCUT2D eigenvalue weighted by atomic mass is 16.6. The molecule has 10 nitrogen and oxygen atoms in total. The second kappa shape index (κ2) is 8.10. The molecule has 0 aliphatic carbocycles. The predicted molar refractivity (Wildman–Crippen MR) is 92.3 cm³/mol. The summed E-state index contributed by atoms with van der Waals surface area (Å²) in [5.41, 5.74) is 3.18. The van der Waals surface area contributed by atoms with Crippen molar-refractivity contribution in [2.45, 2.75) is 20.3 Å². The second-order valence-electron chi connectivity index (χ2n) is 5.45. The lowest BCUT2D eigenvalue weighted by atomic mass is 10.1. The van der Waals surface area contributed by atoms with E-state index in [-0.39, 0.29) is 12.6 Å². The van der Waals surface area contributed by atoms with E-state index in [1.165, 1.54) is 0 Å². The maximum atomic E-state index is 12.2. The molecule has 2 amide bonds. The van der Waals surface area contributed by atoms with Crippen LogP contribution in [0.4, 0.5) is 10.5 Å². The van der Waals surface area contributed by atoms with Crippen molar-refractivity contribution in [2.24, 2.45) is 0 Å². The van der Waals surface area contributed by atoms with Gasteiger partial charge in [-0.2, -0.15) is 0 Å². The molecule has 0 spiro atoms. The molecule has 0 saturated carbocycles. The van der Waals surface area contributed by atoms with Crippen LogP contribution in [0.2, 0.25) is 0 Å². The lowest BCUT2D eigenvalue weighted by Gasteiger charge is -2.13. The monoisotopic (exact) mass is 357 g/mol. The minimum absolute atomic E-state index is 0.254. The fourth-order valence-electron chi connectivity index (χ4n) is 2.32. The maximum absolute atomic E-state index is 12.2. The first-order valence-electron chi connectivity index (χ1n) is 8.12. The normalized spacial score (nSPS) is 10.5. The SMILES string of the molecule is CCc1ccc(-n2cnnc2)cc1NC(=O)NCCOc1nonc1C. The first kappa shape index (κ1) is 17.4. The smallest absolute Gasteiger partial charge is 0.319 e. The molecule has 0 bridgehead atoms. The van der Waals surface area contributed by atoms with Crippen molar-refractivity contribution in [3.05, 3.63) is 42.1 Å². The van der Waals surface area contributed by atoms with E-state index in [0.717, 1.165) is 23.4 Å². The van der Waals surface area contributed by atoms with Crippen LogP contribution in [0.15, 0.2) is 35.5 Å². The van der Waals surface area contributed by atoms with Crippen molar-refractivity contribution < 1.29 is 14.2 Å². The number of hydrogen-bond donors (Lipinski definition) is 2. The Kier molecular flexibility index (Phi) is 5.42. The van der Waals surface area contributed by atoms with Crippen molar-refractivity contribution in [1.29, 1.82) is 0 Å². The number of nitrogens with one attached hydrogen (secondary N) is 2. The number of carbonyl (C=O) groups is 1. The fourth-order valence-corrected chi connectivity index (χ4v) is 2.32. The van der Waals surface area contributed by atoms with Crippen molar-refractivity contribution in [3.63, 3.8) is 0 Å². The van der Waals surface area contributed by atoms with Gasteiger partial charge in [-0.05, 0) is 36.2 Å². The molecule has 0 unspecified atom stereocenters. The number of urea groups is 1. The van der Waals surface area contributed by atoms with E-state index in [2.05, 4.69) is 35.8 Å². The number of benzene rings is 1. The van der Waals surface area contributed by atoms with E-state index in [4.69, 9.17) is 4.74 Å². The summed E-state index contributed by atoms with van der Waals surface area (Å²) in [6.45, 7) is 4.31. The molecule has 2 aromatic heterocycles. The average molecular weight is 357 g/mol. The van der Waals surface area contributed by atoms with Crippen LogP contribution in [-0.2, 0) is 6.42 Å². The highest BCUT2D eigenvalue weighted by Gasteiger charge is 2.09. The first-order chi connectivity index (χ1) is 12.7. The van der Waals surface area contributed by atoms with Crippen LogP contribution in [0, 0.1) is 6.92 Å². The lowest BCUT2D eigenvalue weighted by molar-refractivity contribution is 0.240. The van der Waals surface area contributed by atoms with Gasteiger partial charge in [0, 0.05) is 5.69 Å². The third-order valence-corrected chi connectivity index (χ3v) is 3.68. The minimum atomic E-state index is -0.320. The van der Waals surface area contributed by atoms with Gasteiger partial charge in [-0.25, -0.2) is 9.42 Å². The Morgan fingerprint density at radius 1 is 1.27 bits per heavy atom. The number of hydrogen-bond acceptors (Lipinski definition) is 7. The van der Waals surface area contributed by atoms with E-state index < -0.39 is 0 Å². The van der Waals surface area contributed by atoms with Gasteiger partial charge in [-0.15, -0.1) is 10.2 Å². The Morgan fingerprint density at radius 3 is 2.77 bits per heavy atom. The summed E-state index contributed by atoms with van der Waals surface area (Å²) >= 11 is 0. The van der Waals surface area contributed by atoms with Crippen LogP contribution in [-0.4, -0.2) is 44.3 Å². The van der Waals surface area contributed by atoms with Crippen LogP contribution in [0.5, 0.6) is 5.88 Å². The largest absolute Gasteiger partial charge is 0.472 e. The molecule has 0 aliphatic heterocycles. The summed E-state index contributed by atoms with van der Waals surface area (Å²) in [5.74, 6) is 0.321. The molecule has 1 aromatic carbocycles. The van der Waals surface area contributed by atoms with Crippen LogP contribution in [0.25, 0.3) is 5.69 Å². The Hall–Kier alpha value is -3.43. The van der Waals surface area contributed by atoms with Gasteiger partial charge < -0.3 is 15.4 Å². The van der Waals surface area contributed by atoms with Gasteiger partial charge in [0.2, 0.25) is 0 Å². The van der Waals surface area contributed by atoms with Crippen LogP contribution >= 0.6 is 0 Å². The summed E-state index contributed by atoms with van der Waals surface area (Å²) in [5, 5.41) is 20.4. The second-order valence-corrected chi connectivity index (χ2v) is 5.45. The quantitative estimate of drug-likeness (QED) is 0.618. The molecular weight excluding hydrogens is 338 g/mol. The van der Waals surface area contributed by atoms with Crippen LogP contribution in [0.3, 0.4) is 0 Å². The number of aryl methyl sites for hydroxylation is 2. The van der Waals surface area contributed by atoms with Crippen molar-refractivity contribution in [2.75, 3.05) is 18.5 Å². The topological polar surface area (TPSA) is 120 Å². The van der Waals surface area contributed by atoms with E-state index in [0.29, 0.717) is 18.1 Å². The minimum Gasteiger partial charge on any atom is -0.472 e. The van der Waals surface area contributed by atoms with Gasteiger partial charge >= 0.3 is 6.03 Å².